The van der Waals surface area contributed by atoms with E-state index in [1.807, 2.05) is 39.0 Å². The van der Waals surface area contributed by atoms with Crippen LogP contribution in [0.4, 0.5) is 0 Å². The van der Waals surface area contributed by atoms with Crippen LogP contribution in [0.2, 0.25) is 0 Å². The zero-order valence-electron chi connectivity index (χ0n) is 16.9. The van der Waals surface area contributed by atoms with Crippen LogP contribution in [-0.4, -0.2) is 21.5 Å². The molecule has 3 aromatic rings. The van der Waals surface area contributed by atoms with Crippen LogP contribution in [0.15, 0.2) is 45.9 Å². The molecule has 3 rings (SSSR count). The first-order valence-corrected chi connectivity index (χ1v) is 9.70. The van der Waals surface area contributed by atoms with Gasteiger partial charge in [0.05, 0.1) is 5.56 Å². The monoisotopic (exact) mass is 381 g/mol. The fourth-order valence-corrected chi connectivity index (χ4v) is 3.33. The third-order valence-corrected chi connectivity index (χ3v) is 4.73. The molecular weight excluding hydrogens is 354 g/mol. The van der Waals surface area contributed by atoms with Crippen molar-refractivity contribution < 1.29 is 9.21 Å². The lowest BCUT2D eigenvalue weighted by Crippen LogP contribution is -2.34. The summed E-state index contributed by atoms with van der Waals surface area (Å²) in [6.07, 6.45) is 3.16. The van der Waals surface area contributed by atoms with Crippen molar-refractivity contribution in [3.05, 3.63) is 63.9 Å². The minimum absolute atomic E-state index is 0.0355. The third-order valence-electron chi connectivity index (χ3n) is 4.73. The highest BCUT2D eigenvalue weighted by Gasteiger charge is 2.23. The minimum Gasteiger partial charge on any atom is -0.442 e. The average Bonchev–Trinajstić information content (AvgIpc) is 3.00. The van der Waals surface area contributed by atoms with E-state index in [-0.39, 0.29) is 34.2 Å². The van der Waals surface area contributed by atoms with Gasteiger partial charge in [-0.25, -0.2) is 4.98 Å². The number of carbonyl (C=O) groups excluding carboxylic acids is 1. The van der Waals surface area contributed by atoms with E-state index in [4.69, 9.17) is 4.42 Å². The first-order valence-electron chi connectivity index (χ1n) is 9.70. The maximum Gasteiger partial charge on any atom is 0.265 e. The summed E-state index contributed by atoms with van der Waals surface area (Å²) in [5.74, 6) is 0.410. The molecule has 2 heterocycles. The number of nitrogens with one attached hydrogen (secondary N) is 1. The summed E-state index contributed by atoms with van der Waals surface area (Å²) in [5.41, 5.74) is 1.49. The number of nitrogens with zero attached hydrogens (tertiary/aromatic N) is 2. The second kappa shape index (κ2) is 8.42. The third kappa shape index (κ3) is 4.32. The van der Waals surface area contributed by atoms with Gasteiger partial charge in [-0.05, 0) is 38.2 Å². The zero-order valence-corrected chi connectivity index (χ0v) is 16.9. The van der Waals surface area contributed by atoms with Gasteiger partial charge in [0.1, 0.15) is 17.5 Å². The summed E-state index contributed by atoms with van der Waals surface area (Å²) in [4.78, 5) is 30.0. The fourth-order valence-electron chi connectivity index (χ4n) is 3.33. The molecule has 0 aliphatic rings. The highest BCUT2D eigenvalue weighted by molar-refractivity contribution is 6.06. The Morgan fingerprint density at radius 1 is 1.21 bits per heavy atom. The predicted octanol–water partition coefficient (Wildman–Crippen LogP) is 3.71. The second-order valence-corrected chi connectivity index (χ2v) is 7.71. The molecule has 0 aliphatic heterocycles. The first kappa shape index (κ1) is 19.9. The van der Waals surface area contributed by atoms with Gasteiger partial charge in [-0.3, -0.25) is 14.2 Å². The molecule has 0 bridgehead atoms. The molecule has 1 atom stereocenters. The lowest BCUT2D eigenvalue weighted by molar-refractivity contribution is 0.0938. The smallest absolute Gasteiger partial charge is 0.265 e. The van der Waals surface area contributed by atoms with E-state index >= 15 is 0 Å². The maximum atomic E-state index is 12.9. The number of carbonyl (C=O) groups is 1. The Bertz CT molecular complexity index is 1020. The summed E-state index contributed by atoms with van der Waals surface area (Å²) in [6, 6.07) is 10.1. The van der Waals surface area contributed by atoms with E-state index < -0.39 is 0 Å². The van der Waals surface area contributed by atoms with Gasteiger partial charge in [0.25, 0.3) is 11.5 Å². The van der Waals surface area contributed by atoms with E-state index in [0.717, 1.165) is 12.8 Å². The number of fused-ring (bicyclic) bond motifs is 1. The van der Waals surface area contributed by atoms with Crippen molar-refractivity contribution in [2.24, 2.45) is 5.92 Å². The lowest BCUT2D eigenvalue weighted by Gasteiger charge is -2.14. The SMILES string of the molecule is Cc1oc2ncn(CC(C)C)c(=O)c2c1C(=O)NC(C)CCc1ccccc1. The number of benzene rings is 1. The van der Waals surface area contributed by atoms with Crippen LogP contribution in [0, 0.1) is 12.8 Å². The molecule has 1 N–H and O–H groups in total. The molecular formula is C22H27N3O3. The molecule has 6 nitrogen and oxygen atoms in total. The second-order valence-electron chi connectivity index (χ2n) is 7.71. The number of aryl methyl sites for hydroxylation is 2. The van der Waals surface area contributed by atoms with Crippen molar-refractivity contribution in [1.29, 1.82) is 0 Å². The molecule has 0 saturated carbocycles. The lowest BCUT2D eigenvalue weighted by atomic mass is 10.1. The van der Waals surface area contributed by atoms with Gasteiger partial charge >= 0.3 is 0 Å². The van der Waals surface area contributed by atoms with E-state index in [1.165, 1.54) is 16.5 Å². The standard InChI is InChI=1S/C22H27N3O3/c1-14(2)12-25-13-23-21-19(22(25)27)18(16(4)28-21)20(26)24-15(3)10-11-17-8-6-5-7-9-17/h5-9,13-15H,10-12H2,1-4H3,(H,24,26). The van der Waals surface area contributed by atoms with Crippen LogP contribution in [0.3, 0.4) is 0 Å². The van der Waals surface area contributed by atoms with Crippen LogP contribution < -0.4 is 10.9 Å². The van der Waals surface area contributed by atoms with E-state index in [1.54, 1.807) is 6.92 Å². The van der Waals surface area contributed by atoms with Gasteiger partial charge in [-0.15, -0.1) is 0 Å². The molecule has 0 aliphatic carbocycles. The number of amides is 1. The Hall–Kier alpha value is -2.89. The highest BCUT2D eigenvalue weighted by Crippen LogP contribution is 2.21. The van der Waals surface area contributed by atoms with Crippen molar-refractivity contribution in [2.45, 2.75) is 53.1 Å². The topological polar surface area (TPSA) is 77.1 Å². The summed E-state index contributed by atoms with van der Waals surface area (Å²) < 4.78 is 7.13. The summed E-state index contributed by atoms with van der Waals surface area (Å²) >= 11 is 0. The molecule has 28 heavy (non-hydrogen) atoms. The van der Waals surface area contributed by atoms with Gasteiger partial charge < -0.3 is 9.73 Å². The Morgan fingerprint density at radius 3 is 2.61 bits per heavy atom. The summed E-state index contributed by atoms with van der Waals surface area (Å²) in [6.45, 7) is 8.25. The number of hydrogen-bond donors (Lipinski definition) is 1. The quantitative estimate of drug-likeness (QED) is 0.677. The Balaban J connectivity index is 1.80. The fraction of sp³-hybridized carbons (Fsp3) is 0.409. The van der Waals surface area contributed by atoms with Gasteiger partial charge in [-0.2, -0.15) is 0 Å². The van der Waals surface area contributed by atoms with Crippen LogP contribution in [0.25, 0.3) is 11.1 Å². The molecule has 1 unspecified atom stereocenters. The van der Waals surface area contributed by atoms with Gasteiger partial charge in [0.15, 0.2) is 0 Å². The normalized spacial score (nSPS) is 12.5. The van der Waals surface area contributed by atoms with Crippen LogP contribution in [-0.2, 0) is 13.0 Å². The summed E-state index contributed by atoms with van der Waals surface area (Å²) in [5, 5.41) is 3.26. The summed E-state index contributed by atoms with van der Waals surface area (Å²) in [7, 11) is 0. The molecule has 1 amide bonds. The van der Waals surface area contributed by atoms with Crippen molar-refractivity contribution >= 4 is 17.0 Å². The number of rotatable bonds is 7. The molecule has 0 spiro atoms. The number of furan rings is 1. The minimum atomic E-state index is -0.294. The van der Waals surface area contributed by atoms with Gasteiger partial charge in [0.2, 0.25) is 5.71 Å². The van der Waals surface area contributed by atoms with Crippen LogP contribution in [0.5, 0.6) is 0 Å². The molecule has 0 radical (unpaired) electrons. The highest BCUT2D eigenvalue weighted by atomic mass is 16.3. The van der Waals surface area contributed by atoms with Crippen molar-refractivity contribution in [2.75, 3.05) is 0 Å². The van der Waals surface area contributed by atoms with E-state index in [2.05, 4.69) is 22.4 Å². The Morgan fingerprint density at radius 2 is 1.93 bits per heavy atom. The molecule has 148 valence electrons. The maximum absolute atomic E-state index is 12.9. The van der Waals surface area contributed by atoms with Crippen LogP contribution >= 0.6 is 0 Å². The average molecular weight is 381 g/mol. The van der Waals surface area contributed by atoms with Crippen molar-refractivity contribution in [3.63, 3.8) is 0 Å². The number of aromatic nitrogens is 2. The molecule has 0 fully saturated rings. The predicted molar refractivity (Wildman–Crippen MR) is 110 cm³/mol. The largest absolute Gasteiger partial charge is 0.442 e. The zero-order chi connectivity index (χ0) is 20.3. The van der Waals surface area contributed by atoms with Gasteiger partial charge in [0, 0.05) is 12.6 Å². The molecule has 1 aromatic carbocycles. The van der Waals surface area contributed by atoms with Crippen LogP contribution in [0.1, 0.15) is 48.9 Å². The first-order chi connectivity index (χ1) is 13.4. The number of hydrogen-bond acceptors (Lipinski definition) is 4. The van der Waals surface area contributed by atoms with E-state index in [0.29, 0.717) is 18.2 Å². The van der Waals surface area contributed by atoms with E-state index in [9.17, 15) is 9.59 Å². The van der Waals surface area contributed by atoms with Crippen molar-refractivity contribution in [3.8, 4) is 0 Å². The molecule has 0 saturated heterocycles. The Kier molecular flexibility index (Phi) is 5.97. The molecule has 6 heteroatoms. The molecule has 2 aromatic heterocycles. The van der Waals surface area contributed by atoms with Gasteiger partial charge in [-0.1, -0.05) is 44.2 Å². The Labute approximate surface area is 164 Å². The van der Waals surface area contributed by atoms with Crippen molar-refractivity contribution in [1.82, 2.24) is 14.9 Å².